The number of carbonyl (C=O) groups excluding carboxylic acids is 1. The van der Waals surface area contributed by atoms with Gasteiger partial charge in [-0.3, -0.25) is 4.79 Å². The van der Waals surface area contributed by atoms with Gasteiger partial charge in [0.05, 0.1) is 5.69 Å². The second-order valence-electron chi connectivity index (χ2n) is 4.97. The molecular formula is C17H15N3OS. The molecule has 0 aliphatic rings. The molecule has 0 aliphatic carbocycles. The molecule has 3 aromatic rings. The van der Waals surface area contributed by atoms with Crippen molar-refractivity contribution in [2.24, 2.45) is 0 Å². The molecule has 4 nitrogen and oxygen atoms in total. The van der Waals surface area contributed by atoms with Crippen molar-refractivity contribution >= 4 is 23.1 Å². The van der Waals surface area contributed by atoms with E-state index in [0.717, 1.165) is 21.8 Å². The largest absolute Gasteiger partial charge is 0.306 e. The van der Waals surface area contributed by atoms with Gasteiger partial charge in [0.15, 0.2) is 0 Å². The molecule has 0 saturated carbocycles. The van der Waals surface area contributed by atoms with Crippen LogP contribution in [-0.4, -0.2) is 15.9 Å². The third kappa shape index (κ3) is 3.04. The maximum atomic E-state index is 12.4. The zero-order chi connectivity index (χ0) is 15.5. The van der Waals surface area contributed by atoms with Crippen LogP contribution in [0.25, 0.3) is 10.6 Å². The van der Waals surface area contributed by atoms with Gasteiger partial charge in [-0.1, -0.05) is 30.3 Å². The fraction of sp³-hybridized carbons (Fsp3) is 0.118. The lowest BCUT2D eigenvalue weighted by Crippen LogP contribution is -2.12. The molecule has 22 heavy (non-hydrogen) atoms. The number of aromatic nitrogens is 2. The van der Waals surface area contributed by atoms with Crippen LogP contribution in [0.1, 0.15) is 20.9 Å². The number of pyridine rings is 1. The average molecular weight is 309 g/mol. The van der Waals surface area contributed by atoms with Crippen molar-refractivity contribution in [1.82, 2.24) is 9.97 Å². The number of thiazole rings is 1. The molecule has 0 saturated heterocycles. The van der Waals surface area contributed by atoms with E-state index < -0.39 is 0 Å². The van der Waals surface area contributed by atoms with Crippen molar-refractivity contribution < 1.29 is 4.79 Å². The number of carbonyl (C=O) groups is 1. The van der Waals surface area contributed by atoms with Crippen molar-refractivity contribution in [2.45, 2.75) is 13.8 Å². The number of amides is 1. The Hall–Kier alpha value is -2.53. The second-order valence-corrected chi connectivity index (χ2v) is 5.97. The van der Waals surface area contributed by atoms with Gasteiger partial charge in [-0.25, -0.2) is 9.97 Å². The van der Waals surface area contributed by atoms with Gasteiger partial charge >= 0.3 is 0 Å². The maximum Gasteiger partial charge on any atom is 0.268 e. The Morgan fingerprint density at radius 1 is 1.14 bits per heavy atom. The Bertz CT molecular complexity index is 812. The average Bonchev–Trinajstić information content (AvgIpc) is 2.90. The molecule has 0 unspecified atom stereocenters. The van der Waals surface area contributed by atoms with Gasteiger partial charge in [-0.2, -0.15) is 0 Å². The van der Waals surface area contributed by atoms with E-state index in [1.54, 1.807) is 6.20 Å². The highest BCUT2D eigenvalue weighted by atomic mass is 32.1. The Kier molecular flexibility index (Phi) is 3.98. The lowest BCUT2D eigenvalue weighted by molar-refractivity contribution is 0.102. The Balaban J connectivity index is 1.86. The number of anilines is 1. The summed E-state index contributed by atoms with van der Waals surface area (Å²) in [5, 5.41) is 3.67. The molecule has 0 aliphatic heterocycles. The lowest BCUT2D eigenvalue weighted by Gasteiger charge is -2.03. The summed E-state index contributed by atoms with van der Waals surface area (Å²) in [6.45, 7) is 3.81. The first-order valence-corrected chi connectivity index (χ1v) is 7.72. The molecule has 0 bridgehead atoms. The van der Waals surface area contributed by atoms with Gasteiger partial charge in [-0.05, 0) is 31.5 Å². The minimum absolute atomic E-state index is 0.171. The van der Waals surface area contributed by atoms with Gasteiger partial charge in [0.2, 0.25) is 0 Å². The molecule has 2 aromatic heterocycles. The quantitative estimate of drug-likeness (QED) is 0.793. The highest BCUT2D eigenvalue weighted by Crippen LogP contribution is 2.28. The molecule has 0 radical (unpaired) electrons. The molecule has 110 valence electrons. The standard InChI is InChI=1S/C17H15N3OS/c1-11-8-9-18-14(10-11)20-16(21)15-12(2)19-17(22-15)13-6-4-3-5-7-13/h3-10H,1-2H3,(H,18,20,21). The summed E-state index contributed by atoms with van der Waals surface area (Å²) in [6.07, 6.45) is 1.68. The maximum absolute atomic E-state index is 12.4. The van der Waals surface area contributed by atoms with E-state index in [-0.39, 0.29) is 5.91 Å². The number of aryl methyl sites for hydroxylation is 2. The normalized spacial score (nSPS) is 10.5. The number of hydrogen-bond donors (Lipinski definition) is 1. The first kappa shape index (κ1) is 14.4. The first-order chi connectivity index (χ1) is 10.6. The summed E-state index contributed by atoms with van der Waals surface area (Å²) in [5.41, 5.74) is 2.80. The van der Waals surface area contributed by atoms with Crippen LogP contribution in [0.5, 0.6) is 0 Å². The van der Waals surface area contributed by atoms with Crippen molar-refractivity contribution in [3.63, 3.8) is 0 Å². The van der Waals surface area contributed by atoms with Crippen LogP contribution in [0.2, 0.25) is 0 Å². The minimum atomic E-state index is -0.171. The van der Waals surface area contributed by atoms with Crippen LogP contribution in [0.4, 0.5) is 5.82 Å². The van der Waals surface area contributed by atoms with Crippen molar-refractivity contribution in [3.05, 3.63) is 64.8 Å². The molecule has 5 heteroatoms. The predicted molar refractivity (Wildman–Crippen MR) is 89.2 cm³/mol. The molecule has 1 amide bonds. The minimum Gasteiger partial charge on any atom is -0.306 e. The van der Waals surface area contributed by atoms with Crippen molar-refractivity contribution in [2.75, 3.05) is 5.32 Å². The highest BCUT2D eigenvalue weighted by Gasteiger charge is 2.16. The Morgan fingerprint density at radius 3 is 2.64 bits per heavy atom. The SMILES string of the molecule is Cc1ccnc(NC(=O)c2sc(-c3ccccc3)nc2C)c1. The van der Waals surface area contributed by atoms with Gasteiger partial charge < -0.3 is 5.32 Å². The van der Waals surface area contributed by atoms with Gasteiger partial charge in [-0.15, -0.1) is 11.3 Å². The number of nitrogens with one attached hydrogen (secondary N) is 1. The smallest absolute Gasteiger partial charge is 0.268 e. The van der Waals surface area contributed by atoms with Gasteiger partial charge in [0.25, 0.3) is 5.91 Å². The lowest BCUT2D eigenvalue weighted by atomic mass is 10.2. The number of rotatable bonds is 3. The molecule has 3 rings (SSSR count). The summed E-state index contributed by atoms with van der Waals surface area (Å²) in [6, 6.07) is 13.6. The van der Waals surface area contributed by atoms with E-state index in [2.05, 4.69) is 15.3 Å². The van der Waals surface area contributed by atoms with E-state index >= 15 is 0 Å². The Labute approximate surface area is 132 Å². The zero-order valence-electron chi connectivity index (χ0n) is 12.3. The van der Waals surface area contributed by atoms with Crippen LogP contribution in [0, 0.1) is 13.8 Å². The molecule has 0 atom stereocenters. The Morgan fingerprint density at radius 2 is 1.91 bits per heavy atom. The third-order valence-corrected chi connectivity index (χ3v) is 4.39. The molecule has 1 N–H and O–H groups in total. The fourth-order valence-electron chi connectivity index (χ4n) is 2.09. The van der Waals surface area contributed by atoms with Crippen molar-refractivity contribution in [1.29, 1.82) is 0 Å². The summed E-state index contributed by atoms with van der Waals surface area (Å²) < 4.78 is 0. The van der Waals surface area contributed by atoms with Gasteiger partial charge in [0, 0.05) is 11.8 Å². The van der Waals surface area contributed by atoms with E-state index in [1.807, 2.05) is 56.3 Å². The van der Waals surface area contributed by atoms with Crippen LogP contribution >= 0.6 is 11.3 Å². The molecular weight excluding hydrogens is 294 g/mol. The van der Waals surface area contributed by atoms with Crippen LogP contribution in [-0.2, 0) is 0 Å². The molecule has 2 heterocycles. The van der Waals surface area contributed by atoms with E-state index in [0.29, 0.717) is 10.7 Å². The predicted octanol–water partition coefficient (Wildman–Crippen LogP) is 4.07. The molecule has 1 aromatic carbocycles. The van der Waals surface area contributed by atoms with Crippen LogP contribution in [0.15, 0.2) is 48.7 Å². The summed E-state index contributed by atoms with van der Waals surface area (Å²) >= 11 is 1.39. The fourth-order valence-corrected chi connectivity index (χ4v) is 3.06. The number of benzene rings is 1. The highest BCUT2D eigenvalue weighted by molar-refractivity contribution is 7.17. The van der Waals surface area contributed by atoms with E-state index in [4.69, 9.17) is 0 Å². The van der Waals surface area contributed by atoms with E-state index in [9.17, 15) is 4.79 Å². The monoisotopic (exact) mass is 309 g/mol. The number of hydrogen-bond acceptors (Lipinski definition) is 4. The topological polar surface area (TPSA) is 54.9 Å². The summed E-state index contributed by atoms with van der Waals surface area (Å²) in [4.78, 5) is 21.7. The van der Waals surface area contributed by atoms with E-state index in [1.165, 1.54) is 11.3 Å². The first-order valence-electron chi connectivity index (χ1n) is 6.90. The number of nitrogens with zero attached hydrogens (tertiary/aromatic N) is 2. The zero-order valence-corrected chi connectivity index (χ0v) is 13.1. The van der Waals surface area contributed by atoms with Gasteiger partial charge in [0.1, 0.15) is 15.7 Å². The third-order valence-electron chi connectivity index (χ3n) is 3.18. The summed E-state index contributed by atoms with van der Waals surface area (Å²) in [5.74, 6) is 0.384. The van der Waals surface area contributed by atoms with Crippen molar-refractivity contribution in [3.8, 4) is 10.6 Å². The summed E-state index contributed by atoms with van der Waals surface area (Å²) in [7, 11) is 0. The molecule has 0 fully saturated rings. The van der Waals surface area contributed by atoms with Crippen LogP contribution < -0.4 is 5.32 Å². The van der Waals surface area contributed by atoms with Crippen LogP contribution in [0.3, 0.4) is 0 Å². The second kappa shape index (κ2) is 6.07. The molecule has 0 spiro atoms.